The second-order valence-electron chi connectivity index (χ2n) is 7.24. The molecule has 0 unspecified atom stereocenters. The zero-order chi connectivity index (χ0) is 20.0. The van der Waals surface area contributed by atoms with Crippen LogP contribution in [0.3, 0.4) is 0 Å². The number of hydrogen-bond acceptors (Lipinski definition) is 6. The molecule has 0 spiro atoms. The average molecular weight is 409 g/mol. The Kier molecular flexibility index (Phi) is 5.17. The first-order valence-electron chi connectivity index (χ1n) is 8.67. The molecule has 1 saturated carbocycles. The molecule has 152 valence electrons. The van der Waals surface area contributed by atoms with Crippen LogP contribution >= 0.6 is 0 Å². The zero-order valence-corrected chi connectivity index (χ0v) is 15.9. The molecule has 27 heavy (non-hydrogen) atoms. The molecule has 1 saturated heterocycles. The van der Waals surface area contributed by atoms with Crippen molar-refractivity contribution < 1.29 is 31.1 Å². The van der Waals surface area contributed by atoms with E-state index < -0.39 is 39.8 Å². The van der Waals surface area contributed by atoms with E-state index in [1.54, 1.807) is 6.92 Å². The Labute approximate surface area is 155 Å². The molecule has 0 radical (unpaired) electrons. The molecular weight excluding hydrogens is 387 g/mol. The topological polar surface area (TPSA) is 81.5 Å². The maximum absolute atomic E-state index is 12.9. The van der Waals surface area contributed by atoms with Gasteiger partial charge in [0.05, 0.1) is 23.8 Å². The van der Waals surface area contributed by atoms with Crippen molar-refractivity contribution >= 4 is 21.6 Å². The smallest absolute Gasteiger partial charge is 0.408 e. The molecule has 2 fully saturated rings. The lowest BCUT2D eigenvalue weighted by Crippen LogP contribution is -2.39. The SMILES string of the molecule is COC(=O)[C@@H]1C[C@@H](S(=O)(=O)CC2CC2)CN1c1cc(C)nn1CC(F)(F)F. The highest BCUT2D eigenvalue weighted by atomic mass is 32.2. The summed E-state index contributed by atoms with van der Waals surface area (Å²) in [6, 6.07) is 0.467. The Morgan fingerprint density at radius 3 is 2.59 bits per heavy atom. The molecule has 2 heterocycles. The Morgan fingerprint density at radius 1 is 1.37 bits per heavy atom. The fourth-order valence-electron chi connectivity index (χ4n) is 3.47. The summed E-state index contributed by atoms with van der Waals surface area (Å²) in [6.07, 6.45) is -2.76. The first-order valence-corrected chi connectivity index (χ1v) is 10.4. The van der Waals surface area contributed by atoms with E-state index in [2.05, 4.69) is 5.10 Å². The summed E-state index contributed by atoms with van der Waals surface area (Å²) in [6.45, 7) is 0.165. The number of halogens is 3. The summed E-state index contributed by atoms with van der Waals surface area (Å²) in [5.74, 6) is -0.389. The van der Waals surface area contributed by atoms with Crippen LogP contribution in [0.1, 0.15) is 25.0 Å². The summed E-state index contributed by atoms with van der Waals surface area (Å²) >= 11 is 0. The number of carbonyl (C=O) groups excluding carboxylic acids is 1. The van der Waals surface area contributed by atoms with Crippen molar-refractivity contribution in [2.24, 2.45) is 5.92 Å². The van der Waals surface area contributed by atoms with Gasteiger partial charge in [0, 0.05) is 12.6 Å². The summed E-state index contributed by atoms with van der Waals surface area (Å²) < 4.78 is 69.5. The number of carbonyl (C=O) groups is 1. The first-order chi connectivity index (χ1) is 12.5. The maximum atomic E-state index is 12.9. The fraction of sp³-hybridized carbons (Fsp3) is 0.750. The van der Waals surface area contributed by atoms with Crippen LogP contribution in [0.15, 0.2) is 6.07 Å². The van der Waals surface area contributed by atoms with Gasteiger partial charge in [-0.25, -0.2) is 17.9 Å². The van der Waals surface area contributed by atoms with Gasteiger partial charge in [0.1, 0.15) is 18.4 Å². The van der Waals surface area contributed by atoms with Gasteiger partial charge in [-0.05, 0) is 32.1 Å². The molecule has 2 aliphatic rings. The predicted molar refractivity (Wildman–Crippen MR) is 91.1 cm³/mol. The number of methoxy groups -OCH3 is 1. The molecule has 0 aromatic carbocycles. The molecule has 1 aromatic rings. The van der Waals surface area contributed by atoms with Crippen LogP contribution in [0.4, 0.5) is 19.0 Å². The highest BCUT2D eigenvalue weighted by Gasteiger charge is 2.46. The third-order valence-corrected chi connectivity index (χ3v) is 7.21. The van der Waals surface area contributed by atoms with Gasteiger partial charge >= 0.3 is 12.1 Å². The number of rotatable bonds is 6. The van der Waals surface area contributed by atoms with Gasteiger partial charge in [-0.2, -0.15) is 18.3 Å². The highest BCUT2D eigenvalue weighted by Crippen LogP contribution is 2.36. The first kappa shape index (κ1) is 20.0. The van der Waals surface area contributed by atoms with E-state index in [9.17, 15) is 26.4 Å². The summed E-state index contributed by atoms with van der Waals surface area (Å²) in [7, 11) is -2.28. The van der Waals surface area contributed by atoms with Gasteiger partial charge in [0.2, 0.25) is 0 Å². The van der Waals surface area contributed by atoms with Crippen LogP contribution in [0.5, 0.6) is 0 Å². The lowest BCUT2D eigenvalue weighted by molar-refractivity contribution is -0.142. The van der Waals surface area contributed by atoms with Gasteiger partial charge in [-0.3, -0.25) is 0 Å². The summed E-state index contributed by atoms with van der Waals surface area (Å²) in [5, 5.41) is 3.04. The Morgan fingerprint density at radius 2 is 2.04 bits per heavy atom. The van der Waals surface area contributed by atoms with Gasteiger partial charge < -0.3 is 9.64 Å². The Balaban J connectivity index is 1.91. The number of ether oxygens (including phenoxy) is 1. The number of alkyl halides is 3. The van der Waals surface area contributed by atoms with E-state index in [1.807, 2.05) is 0 Å². The molecule has 7 nitrogen and oxygen atoms in total. The number of anilines is 1. The molecule has 1 aliphatic heterocycles. The molecule has 3 rings (SSSR count). The van der Waals surface area contributed by atoms with Crippen LogP contribution in [0.25, 0.3) is 0 Å². The van der Waals surface area contributed by atoms with Crippen molar-refractivity contribution in [1.82, 2.24) is 9.78 Å². The van der Waals surface area contributed by atoms with Gasteiger partial charge in [-0.15, -0.1) is 0 Å². The van der Waals surface area contributed by atoms with Crippen molar-refractivity contribution in [1.29, 1.82) is 0 Å². The monoisotopic (exact) mass is 409 g/mol. The van der Waals surface area contributed by atoms with Crippen LogP contribution in [0.2, 0.25) is 0 Å². The van der Waals surface area contributed by atoms with E-state index >= 15 is 0 Å². The van der Waals surface area contributed by atoms with Gasteiger partial charge in [-0.1, -0.05) is 0 Å². The quantitative estimate of drug-likeness (QED) is 0.666. The molecule has 0 amide bonds. The van der Waals surface area contributed by atoms with E-state index in [1.165, 1.54) is 18.1 Å². The zero-order valence-electron chi connectivity index (χ0n) is 15.1. The molecule has 11 heteroatoms. The van der Waals surface area contributed by atoms with Crippen molar-refractivity contribution in [3.63, 3.8) is 0 Å². The van der Waals surface area contributed by atoms with Gasteiger partial charge in [0.25, 0.3) is 0 Å². The molecule has 1 aromatic heterocycles. The minimum atomic E-state index is -4.49. The van der Waals surface area contributed by atoms with E-state index in [0.29, 0.717) is 5.69 Å². The van der Waals surface area contributed by atoms with Crippen LogP contribution in [-0.2, 0) is 25.9 Å². The number of esters is 1. The Bertz CT molecular complexity index is 817. The van der Waals surface area contributed by atoms with Crippen LogP contribution in [-0.4, -0.2) is 61.0 Å². The number of aryl methyl sites for hydroxylation is 1. The van der Waals surface area contributed by atoms with Crippen LogP contribution < -0.4 is 4.90 Å². The largest absolute Gasteiger partial charge is 0.467 e. The molecular formula is C16H22F3N3O4S. The van der Waals surface area contributed by atoms with Crippen LogP contribution in [0, 0.1) is 12.8 Å². The summed E-state index contributed by atoms with van der Waals surface area (Å²) in [4.78, 5) is 13.6. The molecule has 1 aliphatic carbocycles. The third-order valence-electron chi connectivity index (χ3n) is 4.91. The number of sulfone groups is 1. The third kappa shape index (κ3) is 4.56. The van der Waals surface area contributed by atoms with Crippen molar-refractivity contribution in [2.75, 3.05) is 24.3 Å². The van der Waals surface area contributed by atoms with Crippen molar-refractivity contribution in [3.8, 4) is 0 Å². The minimum absolute atomic E-state index is 0.00201. The Hall–Kier alpha value is -1.78. The van der Waals surface area contributed by atoms with E-state index in [0.717, 1.165) is 17.5 Å². The lowest BCUT2D eigenvalue weighted by Gasteiger charge is -2.25. The highest BCUT2D eigenvalue weighted by molar-refractivity contribution is 7.92. The van der Waals surface area contributed by atoms with Crippen molar-refractivity contribution in [3.05, 3.63) is 11.8 Å². The standard InChI is InChI=1S/C16H22F3N3O4S/c1-10-5-14(22(20-10)9-16(17,18)19)21-7-12(6-13(21)15(23)26-2)27(24,25)8-11-3-4-11/h5,11-13H,3-4,6-9H2,1-2H3/t12-,13+/m1/s1. The van der Waals surface area contributed by atoms with E-state index in [4.69, 9.17) is 4.74 Å². The maximum Gasteiger partial charge on any atom is 0.408 e. The molecule has 2 atom stereocenters. The fourth-order valence-corrected chi connectivity index (χ4v) is 5.59. The number of nitrogens with zero attached hydrogens (tertiary/aromatic N) is 3. The molecule has 0 bridgehead atoms. The number of hydrogen-bond donors (Lipinski definition) is 0. The number of aromatic nitrogens is 2. The lowest BCUT2D eigenvalue weighted by atomic mass is 10.2. The second kappa shape index (κ2) is 6.99. The van der Waals surface area contributed by atoms with Crippen molar-refractivity contribution in [2.45, 2.75) is 50.2 Å². The summed E-state index contributed by atoms with van der Waals surface area (Å²) in [5.41, 5.74) is 0.349. The van der Waals surface area contributed by atoms with E-state index in [-0.39, 0.29) is 30.5 Å². The molecule has 0 N–H and O–H groups in total. The van der Waals surface area contributed by atoms with Gasteiger partial charge in [0.15, 0.2) is 9.84 Å². The average Bonchev–Trinajstić information content (AvgIpc) is 3.10. The normalized spacial score (nSPS) is 23.7. The second-order valence-corrected chi connectivity index (χ2v) is 9.56. The predicted octanol–water partition coefficient (Wildman–Crippen LogP) is 1.70. The minimum Gasteiger partial charge on any atom is -0.467 e.